The molecule has 1 aromatic rings. The Balaban J connectivity index is 1.56. The van der Waals surface area contributed by atoms with Gasteiger partial charge in [-0.2, -0.15) is 0 Å². The van der Waals surface area contributed by atoms with Crippen LogP contribution in [0.25, 0.3) is 0 Å². The number of hydrogen-bond donors (Lipinski definition) is 1. The van der Waals surface area contributed by atoms with Crippen LogP contribution in [0.2, 0.25) is 0 Å². The maximum Gasteiger partial charge on any atom is 0.237 e. The van der Waals surface area contributed by atoms with E-state index in [0.717, 1.165) is 25.3 Å². The molecule has 0 aliphatic carbocycles. The molecule has 7 heteroatoms. The van der Waals surface area contributed by atoms with E-state index in [1.165, 1.54) is 0 Å². The summed E-state index contributed by atoms with van der Waals surface area (Å²) in [5.74, 6) is 0.0564. The van der Waals surface area contributed by atoms with Crippen LogP contribution in [0.5, 0.6) is 0 Å². The molecule has 0 aromatic heterocycles. The van der Waals surface area contributed by atoms with Crippen molar-refractivity contribution in [3.8, 4) is 0 Å². The molecular weight excluding hydrogens is 356 g/mol. The SMILES string of the molecule is CC(=O)c1ccc(N2CCN(C(=O)CC3C(=O)NCCN3C(C)C)CC2)cc1. The molecule has 28 heavy (non-hydrogen) atoms. The first kappa shape index (κ1) is 20.3. The number of anilines is 1. The number of carbonyl (C=O) groups is 3. The highest BCUT2D eigenvalue weighted by Crippen LogP contribution is 2.19. The number of piperazine rings is 2. The highest BCUT2D eigenvalue weighted by molar-refractivity contribution is 5.94. The van der Waals surface area contributed by atoms with Gasteiger partial charge in [-0.3, -0.25) is 19.3 Å². The maximum absolute atomic E-state index is 12.8. The van der Waals surface area contributed by atoms with Gasteiger partial charge in [0.25, 0.3) is 0 Å². The Morgan fingerprint density at radius 3 is 2.29 bits per heavy atom. The predicted molar refractivity (Wildman–Crippen MR) is 108 cm³/mol. The molecule has 1 aromatic carbocycles. The minimum Gasteiger partial charge on any atom is -0.368 e. The third-order valence-electron chi connectivity index (χ3n) is 5.67. The van der Waals surface area contributed by atoms with Crippen molar-refractivity contribution in [2.45, 2.75) is 39.3 Å². The lowest BCUT2D eigenvalue weighted by Crippen LogP contribution is -2.59. The van der Waals surface area contributed by atoms with Gasteiger partial charge in [-0.25, -0.2) is 0 Å². The molecule has 2 amide bonds. The van der Waals surface area contributed by atoms with Crippen LogP contribution in [0.3, 0.4) is 0 Å². The quantitative estimate of drug-likeness (QED) is 0.769. The highest BCUT2D eigenvalue weighted by atomic mass is 16.2. The molecule has 1 atom stereocenters. The largest absolute Gasteiger partial charge is 0.368 e. The van der Waals surface area contributed by atoms with Crippen molar-refractivity contribution in [3.05, 3.63) is 29.8 Å². The number of rotatable bonds is 5. The molecule has 152 valence electrons. The summed E-state index contributed by atoms with van der Waals surface area (Å²) in [6.45, 7) is 9.89. The van der Waals surface area contributed by atoms with E-state index in [1.54, 1.807) is 6.92 Å². The van der Waals surface area contributed by atoms with E-state index >= 15 is 0 Å². The fourth-order valence-electron chi connectivity index (χ4n) is 3.98. The molecule has 0 radical (unpaired) electrons. The predicted octanol–water partition coefficient (Wildman–Crippen LogP) is 1.14. The van der Waals surface area contributed by atoms with Crippen LogP contribution in [-0.2, 0) is 9.59 Å². The second-order valence-corrected chi connectivity index (χ2v) is 7.81. The van der Waals surface area contributed by atoms with Crippen molar-refractivity contribution in [1.29, 1.82) is 0 Å². The van der Waals surface area contributed by atoms with Crippen molar-refractivity contribution in [2.75, 3.05) is 44.2 Å². The summed E-state index contributed by atoms with van der Waals surface area (Å²) in [7, 11) is 0. The third-order valence-corrected chi connectivity index (χ3v) is 5.67. The molecule has 2 fully saturated rings. The summed E-state index contributed by atoms with van der Waals surface area (Å²) in [6.07, 6.45) is 0.233. The van der Waals surface area contributed by atoms with Crippen LogP contribution in [0.15, 0.2) is 24.3 Å². The molecule has 0 saturated carbocycles. The fourth-order valence-corrected chi connectivity index (χ4v) is 3.98. The van der Waals surface area contributed by atoms with Crippen LogP contribution >= 0.6 is 0 Å². The molecule has 0 bridgehead atoms. The number of Topliss-reactive ketones (excluding diaryl/α,β-unsaturated/α-hetero) is 1. The van der Waals surface area contributed by atoms with E-state index in [-0.39, 0.29) is 36.1 Å². The van der Waals surface area contributed by atoms with Crippen molar-refractivity contribution in [3.63, 3.8) is 0 Å². The second kappa shape index (κ2) is 8.73. The standard InChI is InChI=1S/C21H30N4O3/c1-15(2)25-9-8-22-21(28)19(25)14-20(27)24-12-10-23(11-13-24)18-6-4-17(5-7-18)16(3)26/h4-7,15,19H,8-14H2,1-3H3,(H,22,28). The summed E-state index contributed by atoms with van der Waals surface area (Å²) in [5.41, 5.74) is 1.77. The molecule has 2 heterocycles. The van der Waals surface area contributed by atoms with E-state index in [1.807, 2.05) is 29.2 Å². The highest BCUT2D eigenvalue weighted by Gasteiger charge is 2.34. The summed E-state index contributed by atoms with van der Waals surface area (Å²) in [6, 6.07) is 7.47. The first-order valence-electron chi connectivity index (χ1n) is 10.0. The van der Waals surface area contributed by atoms with Gasteiger partial charge in [0, 0.05) is 56.6 Å². The van der Waals surface area contributed by atoms with Crippen molar-refractivity contribution >= 4 is 23.3 Å². The topological polar surface area (TPSA) is 73.0 Å². The minimum absolute atomic E-state index is 0.0410. The average molecular weight is 386 g/mol. The normalized spacial score (nSPS) is 21.0. The minimum atomic E-state index is -0.376. The number of benzene rings is 1. The van der Waals surface area contributed by atoms with Crippen LogP contribution < -0.4 is 10.2 Å². The molecule has 3 rings (SSSR count). The number of nitrogens with zero attached hydrogens (tertiary/aromatic N) is 3. The molecule has 0 spiro atoms. The molecule has 2 aliphatic heterocycles. The van der Waals surface area contributed by atoms with Crippen LogP contribution in [-0.4, -0.2) is 78.7 Å². The maximum atomic E-state index is 12.8. The monoisotopic (exact) mass is 386 g/mol. The molecule has 1 N–H and O–H groups in total. The van der Waals surface area contributed by atoms with Gasteiger partial charge in [-0.15, -0.1) is 0 Å². The van der Waals surface area contributed by atoms with Gasteiger partial charge in [0.1, 0.15) is 0 Å². The first-order chi connectivity index (χ1) is 13.4. The second-order valence-electron chi connectivity index (χ2n) is 7.81. The van der Waals surface area contributed by atoms with Gasteiger partial charge < -0.3 is 15.1 Å². The Hall–Kier alpha value is -2.41. The Labute approximate surface area is 166 Å². The average Bonchev–Trinajstić information content (AvgIpc) is 2.69. The zero-order valence-electron chi connectivity index (χ0n) is 17.0. The Kier molecular flexibility index (Phi) is 6.34. The zero-order valence-corrected chi connectivity index (χ0v) is 17.0. The van der Waals surface area contributed by atoms with Gasteiger partial charge in [0.15, 0.2) is 5.78 Å². The number of nitrogens with one attached hydrogen (secondary N) is 1. The number of amides is 2. The van der Waals surface area contributed by atoms with E-state index in [0.29, 0.717) is 25.2 Å². The van der Waals surface area contributed by atoms with E-state index < -0.39 is 0 Å². The van der Waals surface area contributed by atoms with Gasteiger partial charge in [-0.1, -0.05) is 0 Å². The number of hydrogen-bond acceptors (Lipinski definition) is 5. The third kappa shape index (κ3) is 4.52. The van der Waals surface area contributed by atoms with E-state index in [9.17, 15) is 14.4 Å². The Morgan fingerprint density at radius 1 is 1.07 bits per heavy atom. The lowest BCUT2D eigenvalue weighted by molar-refractivity contribution is -0.139. The van der Waals surface area contributed by atoms with Crippen molar-refractivity contribution < 1.29 is 14.4 Å². The zero-order chi connectivity index (χ0) is 20.3. The fraction of sp³-hybridized carbons (Fsp3) is 0.571. The van der Waals surface area contributed by atoms with Crippen LogP contribution in [0.1, 0.15) is 37.6 Å². The van der Waals surface area contributed by atoms with Crippen LogP contribution in [0, 0.1) is 0 Å². The summed E-state index contributed by atoms with van der Waals surface area (Å²) in [5, 5.41) is 2.88. The smallest absolute Gasteiger partial charge is 0.237 e. The first-order valence-corrected chi connectivity index (χ1v) is 10.0. The van der Waals surface area contributed by atoms with E-state index in [2.05, 4.69) is 29.0 Å². The molecule has 2 saturated heterocycles. The molecule has 2 aliphatic rings. The van der Waals surface area contributed by atoms with Gasteiger partial charge in [-0.05, 0) is 45.0 Å². The number of carbonyl (C=O) groups excluding carboxylic acids is 3. The van der Waals surface area contributed by atoms with Crippen LogP contribution in [0.4, 0.5) is 5.69 Å². The summed E-state index contributed by atoms with van der Waals surface area (Å²) < 4.78 is 0. The summed E-state index contributed by atoms with van der Waals surface area (Å²) >= 11 is 0. The Morgan fingerprint density at radius 2 is 1.71 bits per heavy atom. The summed E-state index contributed by atoms with van der Waals surface area (Å²) in [4.78, 5) is 42.7. The van der Waals surface area contributed by atoms with Gasteiger partial charge in [0.2, 0.25) is 11.8 Å². The molecular formula is C21H30N4O3. The van der Waals surface area contributed by atoms with Gasteiger partial charge in [0.05, 0.1) is 12.5 Å². The van der Waals surface area contributed by atoms with Crippen molar-refractivity contribution in [2.24, 2.45) is 0 Å². The lowest BCUT2D eigenvalue weighted by Gasteiger charge is -2.40. The number of ketones is 1. The Bertz CT molecular complexity index is 724. The lowest BCUT2D eigenvalue weighted by atomic mass is 10.1. The molecule has 7 nitrogen and oxygen atoms in total. The van der Waals surface area contributed by atoms with E-state index in [4.69, 9.17) is 0 Å². The van der Waals surface area contributed by atoms with Gasteiger partial charge >= 0.3 is 0 Å². The van der Waals surface area contributed by atoms with Crippen molar-refractivity contribution in [1.82, 2.24) is 15.1 Å². The molecule has 1 unspecified atom stereocenters.